The van der Waals surface area contributed by atoms with Crippen LogP contribution < -0.4 is 10.5 Å². The van der Waals surface area contributed by atoms with Crippen LogP contribution >= 0.6 is 0 Å². The molecule has 1 aromatic carbocycles. The third-order valence-corrected chi connectivity index (χ3v) is 5.12. The van der Waals surface area contributed by atoms with Crippen LogP contribution in [0.2, 0.25) is 0 Å². The Balaban J connectivity index is 2.12. The number of carbonyl (C=O) groups is 2. The average Bonchev–Trinajstić information content (AvgIpc) is 2.90. The molecule has 1 aliphatic rings. The van der Waals surface area contributed by atoms with Crippen molar-refractivity contribution in [2.45, 2.75) is 53.4 Å². The molecule has 0 fully saturated rings. The molecular formula is C22H28N2O3. The van der Waals surface area contributed by atoms with Crippen LogP contribution in [0.5, 0.6) is 5.75 Å². The fourth-order valence-electron chi connectivity index (χ4n) is 3.80. The van der Waals surface area contributed by atoms with E-state index in [1.54, 1.807) is 12.1 Å². The molecule has 0 saturated carbocycles. The van der Waals surface area contributed by atoms with Gasteiger partial charge in [-0.15, -0.1) is 0 Å². The number of nitrogens with two attached hydrogens (primary N) is 1. The number of benzene rings is 1. The number of hydrogen-bond acceptors (Lipinski definition) is 3. The summed E-state index contributed by atoms with van der Waals surface area (Å²) < 4.78 is 8.04. The number of aromatic nitrogens is 1. The topological polar surface area (TPSA) is 74.3 Å². The standard InChI is InChI=1S/C22H28N2O3/c1-5-6-9-27-19-10-15(21(23)26)7-8-16(19)24-13-14(2)20-17(24)11-22(3,4)12-18(20)25/h7-8,10,13H,5-6,9,11-12H2,1-4H3,(H2,23,26). The smallest absolute Gasteiger partial charge is 0.248 e. The summed E-state index contributed by atoms with van der Waals surface area (Å²) in [7, 11) is 0. The highest BCUT2D eigenvalue weighted by Gasteiger charge is 2.35. The van der Waals surface area contributed by atoms with Crippen molar-refractivity contribution in [3.63, 3.8) is 0 Å². The molecule has 1 aromatic heterocycles. The number of amides is 1. The van der Waals surface area contributed by atoms with Gasteiger partial charge in [0.05, 0.1) is 12.3 Å². The number of carbonyl (C=O) groups excluding carboxylic acids is 2. The molecule has 0 unspecified atom stereocenters. The fourth-order valence-corrected chi connectivity index (χ4v) is 3.80. The Morgan fingerprint density at radius 3 is 2.70 bits per heavy atom. The summed E-state index contributed by atoms with van der Waals surface area (Å²) >= 11 is 0. The minimum absolute atomic E-state index is 0.0803. The van der Waals surface area contributed by atoms with Crippen molar-refractivity contribution in [1.29, 1.82) is 0 Å². The van der Waals surface area contributed by atoms with Gasteiger partial charge in [0.25, 0.3) is 0 Å². The molecule has 0 saturated heterocycles. The lowest BCUT2D eigenvalue weighted by Gasteiger charge is -2.30. The maximum atomic E-state index is 12.7. The van der Waals surface area contributed by atoms with Crippen molar-refractivity contribution in [2.24, 2.45) is 11.1 Å². The van der Waals surface area contributed by atoms with Crippen LogP contribution in [0.1, 0.15) is 72.0 Å². The number of fused-ring (bicyclic) bond motifs is 1. The van der Waals surface area contributed by atoms with Gasteiger partial charge in [-0.05, 0) is 48.9 Å². The fraction of sp³-hybridized carbons (Fsp3) is 0.455. The molecule has 1 amide bonds. The molecule has 27 heavy (non-hydrogen) atoms. The first kappa shape index (κ1) is 19.2. The number of aryl methyl sites for hydroxylation is 1. The first-order valence-electron chi connectivity index (χ1n) is 9.54. The molecule has 0 atom stereocenters. The summed E-state index contributed by atoms with van der Waals surface area (Å²) in [5.74, 6) is 0.331. The lowest BCUT2D eigenvalue weighted by Crippen LogP contribution is -2.28. The van der Waals surface area contributed by atoms with Crippen LogP contribution in [0.4, 0.5) is 0 Å². The second-order valence-corrected chi connectivity index (χ2v) is 8.19. The number of Topliss-reactive ketones (excluding diaryl/α,β-unsaturated/α-hetero) is 1. The Labute approximate surface area is 160 Å². The van der Waals surface area contributed by atoms with Gasteiger partial charge in [-0.25, -0.2) is 0 Å². The third kappa shape index (κ3) is 3.77. The molecule has 5 nitrogen and oxygen atoms in total. The maximum Gasteiger partial charge on any atom is 0.248 e. The predicted octanol–water partition coefficient (Wildman–Crippen LogP) is 4.22. The van der Waals surface area contributed by atoms with Crippen LogP contribution in [-0.4, -0.2) is 22.9 Å². The van der Waals surface area contributed by atoms with E-state index in [9.17, 15) is 9.59 Å². The molecule has 144 valence electrons. The molecule has 3 rings (SSSR count). The van der Waals surface area contributed by atoms with Crippen molar-refractivity contribution in [3.05, 3.63) is 46.8 Å². The second kappa shape index (κ2) is 7.22. The zero-order chi connectivity index (χ0) is 19.8. The van der Waals surface area contributed by atoms with Crippen molar-refractivity contribution in [2.75, 3.05) is 6.61 Å². The molecule has 1 aliphatic carbocycles. The van der Waals surface area contributed by atoms with Crippen molar-refractivity contribution in [3.8, 4) is 11.4 Å². The van der Waals surface area contributed by atoms with Crippen LogP contribution in [0.3, 0.4) is 0 Å². The summed E-state index contributed by atoms with van der Waals surface area (Å²) in [6.07, 6.45) is 5.31. The van der Waals surface area contributed by atoms with Gasteiger partial charge < -0.3 is 15.0 Å². The second-order valence-electron chi connectivity index (χ2n) is 8.19. The molecule has 0 spiro atoms. The molecule has 2 aromatic rings. The summed E-state index contributed by atoms with van der Waals surface area (Å²) in [4.78, 5) is 24.3. The van der Waals surface area contributed by atoms with E-state index in [0.29, 0.717) is 24.3 Å². The summed E-state index contributed by atoms with van der Waals surface area (Å²) in [5.41, 5.74) is 9.44. The zero-order valence-corrected chi connectivity index (χ0v) is 16.6. The largest absolute Gasteiger partial charge is 0.491 e. The van der Waals surface area contributed by atoms with Crippen LogP contribution in [0, 0.1) is 12.3 Å². The monoisotopic (exact) mass is 368 g/mol. The van der Waals surface area contributed by atoms with Crippen LogP contribution in [0.15, 0.2) is 24.4 Å². The third-order valence-electron chi connectivity index (χ3n) is 5.12. The predicted molar refractivity (Wildman–Crippen MR) is 106 cm³/mol. The summed E-state index contributed by atoms with van der Waals surface area (Å²) in [5, 5.41) is 0. The van der Waals surface area contributed by atoms with Gasteiger partial charge in [-0.1, -0.05) is 27.2 Å². The van der Waals surface area contributed by atoms with E-state index in [4.69, 9.17) is 10.5 Å². The minimum atomic E-state index is -0.482. The average molecular weight is 368 g/mol. The van der Waals surface area contributed by atoms with Crippen molar-refractivity contribution in [1.82, 2.24) is 4.57 Å². The van der Waals surface area contributed by atoms with Crippen molar-refractivity contribution < 1.29 is 14.3 Å². The minimum Gasteiger partial charge on any atom is -0.491 e. The van der Waals surface area contributed by atoms with E-state index >= 15 is 0 Å². The molecule has 0 aliphatic heterocycles. The summed E-state index contributed by atoms with van der Waals surface area (Å²) in [6.45, 7) is 8.88. The van der Waals surface area contributed by atoms with Gasteiger partial charge in [-0.2, -0.15) is 0 Å². The van der Waals surface area contributed by atoms with E-state index in [-0.39, 0.29) is 11.2 Å². The zero-order valence-electron chi connectivity index (χ0n) is 16.6. The van der Waals surface area contributed by atoms with E-state index in [1.807, 2.05) is 19.2 Å². The number of primary amides is 1. The molecule has 2 N–H and O–H groups in total. The van der Waals surface area contributed by atoms with Gasteiger partial charge in [-0.3, -0.25) is 9.59 Å². The molecular weight excluding hydrogens is 340 g/mol. The van der Waals surface area contributed by atoms with Crippen LogP contribution in [0.25, 0.3) is 5.69 Å². The number of nitrogens with zero attached hydrogens (tertiary/aromatic N) is 1. The Bertz CT molecular complexity index is 893. The van der Waals surface area contributed by atoms with Gasteiger partial charge in [0, 0.05) is 29.4 Å². The number of rotatable bonds is 6. The lowest BCUT2D eigenvalue weighted by molar-refractivity contribution is 0.0909. The first-order valence-corrected chi connectivity index (χ1v) is 9.54. The number of ether oxygens (including phenoxy) is 1. The highest BCUT2D eigenvalue weighted by atomic mass is 16.5. The van der Waals surface area contributed by atoms with E-state index in [1.165, 1.54) is 0 Å². The quantitative estimate of drug-likeness (QED) is 0.776. The van der Waals surface area contributed by atoms with Gasteiger partial charge >= 0.3 is 0 Å². The first-order chi connectivity index (χ1) is 12.7. The normalized spacial score (nSPS) is 15.5. The molecule has 5 heteroatoms. The van der Waals surface area contributed by atoms with Gasteiger partial charge in [0.2, 0.25) is 5.91 Å². The van der Waals surface area contributed by atoms with Gasteiger partial charge in [0.1, 0.15) is 5.75 Å². The molecule has 1 heterocycles. The Morgan fingerprint density at radius 1 is 1.30 bits per heavy atom. The number of hydrogen-bond donors (Lipinski definition) is 1. The Hall–Kier alpha value is -2.56. The Kier molecular flexibility index (Phi) is 5.13. The number of ketones is 1. The van der Waals surface area contributed by atoms with E-state index in [0.717, 1.165) is 41.8 Å². The molecule has 0 radical (unpaired) electrons. The highest BCUT2D eigenvalue weighted by Crippen LogP contribution is 2.39. The maximum absolute atomic E-state index is 12.7. The van der Waals surface area contributed by atoms with Gasteiger partial charge in [0.15, 0.2) is 5.78 Å². The highest BCUT2D eigenvalue weighted by molar-refractivity contribution is 6.00. The summed E-state index contributed by atoms with van der Waals surface area (Å²) in [6, 6.07) is 5.26. The van der Waals surface area contributed by atoms with Crippen LogP contribution in [-0.2, 0) is 6.42 Å². The van der Waals surface area contributed by atoms with E-state index < -0.39 is 5.91 Å². The van der Waals surface area contributed by atoms with Crippen molar-refractivity contribution >= 4 is 11.7 Å². The number of unbranched alkanes of at least 4 members (excludes halogenated alkanes) is 1. The molecule has 0 bridgehead atoms. The Morgan fingerprint density at radius 2 is 2.04 bits per heavy atom. The lowest BCUT2D eigenvalue weighted by atomic mass is 9.75. The SMILES string of the molecule is CCCCOc1cc(C(N)=O)ccc1-n1cc(C)c2c1CC(C)(C)CC2=O. The van der Waals surface area contributed by atoms with E-state index in [2.05, 4.69) is 25.3 Å².